The van der Waals surface area contributed by atoms with E-state index in [4.69, 9.17) is 4.74 Å². The van der Waals surface area contributed by atoms with Crippen LogP contribution in [-0.4, -0.2) is 17.8 Å². The van der Waals surface area contributed by atoms with E-state index in [0.717, 1.165) is 17.2 Å². The SMILES string of the molecule is O=C(Oc1ccc2ccccc2c1)c1ccc(N2C(=O)[C@@H]3[C@H](C2=O)[C@@H]2C=C[C@H]3C2)cc1. The maximum Gasteiger partial charge on any atom is 0.343 e. The van der Waals surface area contributed by atoms with Crippen molar-refractivity contribution in [2.75, 3.05) is 4.90 Å². The molecule has 1 saturated heterocycles. The summed E-state index contributed by atoms with van der Waals surface area (Å²) in [4.78, 5) is 39.7. The van der Waals surface area contributed by atoms with E-state index in [1.54, 1.807) is 30.3 Å². The number of allylic oxidation sites excluding steroid dienone is 2. The van der Waals surface area contributed by atoms with Crippen molar-refractivity contribution >= 4 is 34.2 Å². The molecule has 152 valence electrons. The molecule has 0 unspecified atom stereocenters. The van der Waals surface area contributed by atoms with Crippen LogP contribution < -0.4 is 9.64 Å². The summed E-state index contributed by atoms with van der Waals surface area (Å²) < 4.78 is 5.52. The third kappa shape index (κ3) is 2.73. The van der Waals surface area contributed by atoms with E-state index in [0.29, 0.717) is 17.0 Å². The van der Waals surface area contributed by atoms with E-state index >= 15 is 0 Å². The van der Waals surface area contributed by atoms with E-state index in [2.05, 4.69) is 12.2 Å². The number of amides is 2. The van der Waals surface area contributed by atoms with Crippen molar-refractivity contribution in [3.63, 3.8) is 0 Å². The van der Waals surface area contributed by atoms with Gasteiger partial charge in [-0.1, -0.05) is 42.5 Å². The lowest BCUT2D eigenvalue weighted by Crippen LogP contribution is -2.32. The normalized spacial score (nSPS) is 26.0. The number of carbonyl (C=O) groups is 3. The molecule has 31 heavy (non-hydrogen) atoms. The fourth-order valence-electron chi connectivity index (χ4n) is 5.30. The van der Waals surface area contributed by atoms with Crippen molar-refractivity contribution in [3.8, 4) is 5.75 Å². The second kappa shape index (κ2) is 6.64. The molecule has 6 rings (SSSR count). The average molecular weight is 409 g/mol. The zero-order valence-electron chi connectivity index (χ0n) is 16.6. The Bertz CT molecular complexity index is 1250. The van der Waals surface area contributed by atoms with Crippen molar-refractivity contribution in [1.29, 1.82) is 0 Å². The minimum atomic E-state index is -0.486. The van der Waals surface area contributed by atoms with Crippen LogP contribution in [0.25, 0.3) is 10.8 Å². The zero-order valence-corrected chi connectivity index (χ0v) is 16.6. The van der Waals surface area contributed by atoms with Crippen molar-refractivity contribution in [2.45, 2.75) is 6.42 Å². The predicted octanol–water partition coefficient (Wildman–Crippen LogP) is 4.37. The van der Waals surface area contributed by atoms with Gasteiger partial charge in [-0.15, -0.1) is 0 Å². The Morgan fingerprint density at radius 3 is 2.13 bits per heavy atom. The lowest BCUT2D eigenvalue weighted by molar-refractivity contribution is -0.123. The third-order valence-corrected chi connectivity index (χ3v) is 6.76. The molecule has 5 heteroatoms. The van der Waals surface area contributed by atoms with Gasteiger partial charge in [0.1, 0.15) is 5.75 Å². The molecule has 0 aromatic heterocycles. The van der Waals surface area contributed by atoms with Gasteiger partial charge in [0.25, 0.3) is 0 Å². The molecule has 2 bridgehead atoms. The number of carbonyl (C=O) groups excluding carboxylic acids is 3. The number of nitrogens with zero attached hydrogens (tertiary/aromatic N) is 1. The third-order valence-electron chi connectivity index (χ3n) is 6.76. The second-order valence-electron chi connectivity index (χ2n) is 8.46. The maximum atomic E-state index is 12.9. The highest BCUT2D eigenvalue weighted by molar-refractivity contribution is 6.22. The Morgan fingerprint density at radius 1 is 0.806 bits per heavy atom. The van der Waals surface area contributed by atoms with Crippen LogP contribution in [0.1, 0.15) is 16.8 Å². The Labute approximate surface area is 178 Å². The largest absolute Gasteiger partial charge is 0.423 e. The van der Waals surface area contributed by atoms with Gasteiger partial charge in [0.05, 0.1) is 23.1 Å². The zero-order chi connectivity index (χ0) is 21.1. The first-order chi connectivity index (χ1) is 15.1. The average Bonchev–Trinajstić information content (AvgIpc) is 3.47. The summed E-state index contributed by atoms with van der Waals surface area (Å²) >= 11 is 0. The van der Waals surface area contributed by atoms with Crippen LogP contribution in [0.5, 0.6) is 5.75 Å². The van der Waals surface area contributed by atoms with Crippen LogP contribution in [0.4, 0.5) is 5.69 Å². The standard InChI is InChI=1S/C26H19NO4/c28-24-22-18-5-6-19(13-18)23(22)25(29)27(24)20-10-7-16(8-11-20)26(30)31-21-12-9-15-3-1-2-4-17(15)14-21/h1-12,14,18-19,22-23H,13H2/t18-,19+,22-,23+. The summed E-state index contributed by atoms with van der Waals surface area (Å²) in [5.41, 5.74) is 0.865. The van der Waals surface area contributed by atoms with Gasteiger partial charge in [-0.05, 0) is 65.4 Å². The van der Waals surface area contributed by atoms with E-state index in [-0.39, 0.29) is 35.5 Å². The summed E-state index contributed by atoms with van der Waals surface area (Å²) in [6, 6.07) is 19.8. The molecule has 5 nitrogen and oxygen atoms in total. The molecule has 2 fully saturated rings. The Hall–Kier alpha value is -3.73. The second-order valence-corrected chi connectivity index (χ2v) is 8.46. The molecule has 2 aliphatic carbocycles. The first-order valence-electron chi connectivity index (χ1n) is 10.5. The van der Waals surface area contributed by atoms with Crippen LogP contribution in [0.2, 0.25) is 0 Å². The maximum absolute atomic E-state index is 12.9. The number of hydrogen-bond acceptors (Lipinski definition) is 4. The van der Waals surface area contributed by atoms with Gasteiger partial charge in [0.15, 0.2) is 0 Å². The number of benzene rings is 3. The Morgan fingerprint density at radius 2 is 1.45 bits per heavy atom. The quantitative estimate of drug-likeness (QED) is 0.279. The molecule has 0 N–H and O–H groups in total. The van der Waals surface area contributed by atoms with Gasteiger partial charge < -0.3 is 4.74 Å². The number of esters is 1. The molecule has 1 saturated carbocycles. The minimum absolute atomic E-state index is 0.127. The fourth-order valence-corrected chi connectivity index (χ4v) is 5.30. The summed E-state index contributed by atoms with van der Waals surface area (Å²) in [5, 5.41) is 2.06. The van der Waals surface area contributed by atoms with Gasteiger partial charge in [-0.25, -0.2) is 4.79 Å². The summed E-state index contributed by atoms with van der Waals surface area (Å²) in [7, 11) is 0. The van der Waals surface area contributed by atoms with Crippen LogP contribution in [0.3, 0.4) is 0 Å². The number of rotatable bonds is 3. The molecular formula is C26H19NO4. The minimum Gasteiger partial charge on any atom is -0.423 e. The lowest BCUT2D eigenvalue weighted by atomic mass is 9.85. The molecule has 3 aromatic carbocycles. The summed E-state index contributed by atoms with van der Waals surface area (Å²) in [5.74, 6) is -0.398. The number of ether oxygens (including phenoxy) is 1. The van der Waals surface area contributed by atoms with Crippen molar-refractivity contribution in [3.05, 3.63) is 84.4 Å². The molecule has 3 aliphatic rings. The van der Waals surface area contributed by atoms with Crippen LogP contribution in [0.15, 0.2) is 78.9 Å². The van der Waals surface area contributed by atoms with Gasteiger partial charge >= 0.3 is 5.97 Å². The van der Waals surface area contributed by atoms with Gasteiger partial charge in [-0.2, -0.15) is 0 Å². The number of fused-ring (bicyclic) bond motifs is 6. The highest BCUT2D eigenvalue weighted by Gasteiger charge is 2.59. The number of anilines is 1. The fraction of sp³-hybridized carbons (Fsp3) is 0.192. The predicted molar refractivity (Wildman–Crippen MR) is 116 cm³/mol. The van der Waals surface area contributed by atoms with Gasteiger partial charge in [0, 0.05) is 0 Å². The Balaban J connectivity index is 1.21. The van der Waals surface area contributed by atoms with Gasteiger partial charge in [0.2, 0.25) is 11.8 Å². The first-order valence-corrected chi connectivity index (χ1v) is 10.5. The van der Waals surface area contributed by atoms with E-state index in [1.807, 2.05) is 36.4 Å². The van der Waals surface area contributed by atoms with Gasteiger partial charge in [-0.3, -0.25) is 14.5 Å². The number of imide groups is 1. The van der Waals surface area contributed by atoms with Crippen LogP contribution >= 0.6 is 0 Å². The number of hydrogen-bond donors (Lipinski definition) is 0. The monoisotopic (exact) mass is 409 g/mol. The molecule has 2 amide bonds. The summed E-state index contributed by atoms with van der Waals surface area (Å²) in [6.45, 7) is 0. The molecule has 0 spiro atoms. The van der Waals surface area contributed by atoms with Crippen LogP contribution in [-0.2, 0) is 9.59 Å². The molecule has 1 aliphatic heterocycles. The summed E-state index contributed by atoms with van der Waals surface area (Å²) in [6.07, 6.45) is 5.05. The molecule has 3 aromatic rings. The smallest absolute Gasteiger partial charge is 0.343 e. The van der Waals surface area contributed by atoms with Crippen molar-refractivity contribution in [2.24, 2.45) is 23.7 Å². The highest BCUT2D eigenvalue weighted by atomic mass is 16.5. The van der Waals surface area contributed by atoms with E-state index in [1.165, 1.54) is 4.90 Å². The van der Waals surface area contributed by atoms with Crippen molar-refractivity contribution < 1.29 is 19.1 Å². The molecule has 1 heterocycles. The van der Waals surface area contributed by atoms with Crippen LogP contribution in [0, 0.1) is 23.7 Å². The van der Waals surface area contributed by atoms with Crippen molar-refractivity contribution in [1.82, 2.24) is 0 Å². The highest BCUT2D eigenvalue weighted by Crippen LogP contribution is 2.53. The molecule has 4 atom stereocenters. The van der Waals surface area contributed by atoms with E-state index < -0.39 is 5.97 Å². The Kier molecular flexibility index (Phi) is 3.87. The topological polar surface area (TPSA) is 63.7 Å². The first kappa shape index (κ1) is 18.1. The lowest BCUT2D eigenvalue weighted by Gasteiger charge is -2.17. The molecule has 0 radical (unpaired) electrons. The van der Waals surface area contributed by atoms with E-state index in [9.17, 15) is 14.4 Å². The molecular weight excluding hydrogens is 390 g/mol.